The molecule has 0 amide bonds. The lowest BCUT2D eigenvalue weighted by atomic mass is 9.56. The molecule has 4 heterocycles. The van der Waals surface area contributed by atoms with Crippen molar-refractivity contribution in [2.24, 2.45) is 11.8 Å². The van der Waals surface area contributed by atoms with Crippen molar-refractivity contribution in [1.29, 1.82) is 0 Å². The van der Waals surface area contributed by atoms with Crippen LogP contribution in [0.5, 0.6) is 5.75 Å². The molecule has 6 rings (SSSR count). The van der Waals surface area contributed by atoms with Gasteiger partial charge < -0.3 is 19.6 Å². The van der Waals surface area contributed by atoms with Crippen LogP contribution in [0, 0.1) is 11.8 Å². The van der Waals surface area contributed by atoms with Gasteiger partial charge in [-0.3, -0.25) is 9.69 Å². The molecule has 3 aliphatic heterocycles. The second-order valence-electron chi connectivity index (χ2n) is 8.57. The van der Waals surface area contributed by atoms with Gasteiger partial charge in [0.05, 0.1) is 14.2 Å². The lowest BCUT2D eigenvalue weighted by molar-refractivity contribution is -0.196. The number of methoxy groups -OCH3 is 2. The van der Waals surface area contributed by atoms with Crippen LogP contribution in [0.2, 0.25) is 0 Å². The first-order chi connectivity index (χ1) is 13.5. The van der Waals surface area contributed by atoms with Gasteiger partial charge in [0, 0.05) is 35.1 Å². The van der Waals surface area contributed by atoms with Crippen LogP contribution in [0.15, 0.2) is 18.2 Å². The van der Waals surface area contributed by atoms with E-state index in [0.717, 1.165) is 53.7 Å². The zero-order valence-corrected chi connectivity index (χ0v) is 16.7. The van der Waals surface area contributed by atoms with E-state index in [9.17, 15) is 9.90 Å². The number of aliphatic hydroxyl groups excluding tert-OH is 1. The van der Waals surface area contributed by atoms with E-state index in [1.54, 1.807) is 7.11 Å². The minimum atomic E-state index is -0.754. The van der Waals surface area contributed by atoms with Crippen molar-refractivity contribution in [3.8, 4) is 5.75 Å². The summed E-state index contributed by atoms with van der Waals surface area (Å²) in [7, 11) is 3.15. The van der Waals surface area contributed by atoms with Crippen molar-refractivity contribution in [3.63, 3.8) is 0 Å². The quantitative estimate of drug-likeness (QED) is 0.796. The van der Waals surface area contributed by atoms with Crippen LogP contribution in [0.1, 0.15) is 37.4 Å². The number of carbonyl (C=O) groups is 1. The number of aromatic amines is 1. The van der Waals surface area contributed by atoms with Crippen LogP contribution in [0.3, 0.4) is 0 Å². The Kier molecular flexibility index (Phi) is 4.00. The van der Waals surface area contributed by atoms with Crippen molar-refractivity contribution < 1.29 is 19.4 Å². The summed E-state index contributed by atoms with van der Waals surface area (Å²) in [6.07, 6.45) is 2.91. The zero-order chi connectivity index (χ0) is 19.6. The Bertz CT molecular complexity index is 938. The fraction of sp³-hybridized carbons (Fsp3) is 0.591. The Morgan fingerprint density at radius 1 is 1.39 bits per heavy atom. The van der Waals surface area contributed by atoms with E-state index >= 15 is 0 Å². The minimum Gasteiger partial charge on any atom is -0.497 e. The standard InChI is InChI=1S/C22H28N2O4/c1-4-12-9-13-11-22(21(26)28-3)18-15(7-8-24(19(12)22)20(13)25)16-10-14(27-2)5-6-17(16)23-18/h5-6,10,12-13,19-20,23,25H,4,7-9,11H2,1-3H3/t12-,13+,19-,20?,22+/m0/s1. The molecule has 6 nitrogen and oxygen atoms in total. The van der Waals surface area contributed by atoms with Crippen LogP contribution in [0.25, 0.3) is 10.9 Å². The van der Waals surface area contributed by atoms with E-state index in [4.69, 9.17) is 9.47 Å². The number of carbonyl (C=O) groups excluding carboxylic acids is 1. The number of fused-ring (bicyclic) bond motifs is 4. The molecule has 1 aliphatic carbocycles. The molecule has 1 aromatic carbocycles. The van der Waals surface area contributed by atoms with E-state index < -0.39 is 11.6 Å². The van der Waals surface area contributed by atoms with Gasteiger partial charge in [-0.05, 0) is 48.9 Å². The number of aliphatic hydroxyl groups is 1. The van der Waals surface area contributed by atoms with Crippen molar-refractivity contribution in [3.05, 3.63) is 29.5 Å². The van der Waals surface area contributed by atoms with E-state index in [-0.39, 0.29) is 17.9 Å². The van der Waals surface area contributed by atoms with E-state index in [1.165, 1.54) is 7.11 Å². The molecule has 3 fully saturated rings. The third-order valence-corrected chi connectivity index (χ3v) is 7.51. The molecule has 150 valence electrons. The molecule has 2 N–H and O–H groups in total. The Morgan fingerprint density at radius 2 is 2.21 bits per heavy atom. The molecule has 2 aromatic rings. The molecule has 2 unspecified atom stereocenters. The summed E-state index contributed by atoms with van der Waals surface area (Å²) in [5, 5.41) is 12.1. The average molecular weight is 384 g/mol. The molecule has 0 spiro atoms. The minimum absolute atomic E-state index is 0.0406. The summed E-state index contributed by atoms with van der Waals surface area (Å²) in [6.45, 7) is 2.93. The second kappa shape index (κ2) is 6.22. The molecule has 28 heavy (non-hydrogen) atoms. The Morgan fingerprint density at radius 3 is 2.93 bits per heavy atom. The summed E-state index contributed by atoms with van der Waals surface area (Å²) in [5.74, 6) is 1.08. The smallest absolute Gasteiger partial charge is 0.319 e. The van der Waals surface area contributed by atoms with E-state index in [1.807, 2.05) is 18.2 Å². The molecule has 1 saturated carbocycles. The van der Waals surface area contributed by atoms with Crippen molar-refractivity contribution in [2.45, 2.75) is 50.3 Å². The van der Waals surface area contributed by atoms with Crippen LogP contribution in [-0.4, -0.2) is 54.0 Å². The van der Waals surface area contributed by atoms with E-state index in [2.05, 4.69) is 16.8 Å². The molecule has 6 atom stereocenters. The Balaban J connectivity index is 1.79. The maximum atomic E-state index is 13.4. The fourth-order valence-electron chi connectivity index (χ4n) is 6.39. The largest absolute Gasteiger partial charge is 0.497 e. The summed E-state index contributed by atoms with van der Waals surface area (Å²) in [6, 6.07) is 5.98. The topological polar surface area (TPSA) is 74.8 Å². The van der Waals surface area contributed by atoms with E-state index in [0.29, 0.717) is 12.3 Å². The summed E-state index contributed by atoms with van der Waals surface area (Å²) in [5.41, 5.74) is 2.43. The number of rotatable bonds is 3. The second-order valence-corrected chi connectivity index (χ2v) is 8.57. The molecular weight excluding hydrogens is 356 g/mol. The molecule has 4 bridgehead atoms. The number of ether oxygens (including phenoxy) is 2. The third kappa shape index (κ3) is 2.13. The number of hydrogen-bond acceptors (Lipinski definition) is 5. The molecule has 2 saturated heterocycles. The first-order valence-electron chi connectivity index (χ1n) is 10.3. The van der Waals surface area contributed by atoms with Gasteiger partial charge in [-0.2, -0.15) is 0 Å². The van der Waals surface area contributed by atoms with Crippen molar-refractivity contribution in [2.75, 3.05) is 20.8 Å². The highest BCUT2D eigenvalue weighted by Gasteiger charge is 2.65. The highest BCUT2D eigenvalue weighted by atomic mass is 16.5. The Hall–Kier alpha value is -2.05. The van der Waals surface area contributed by atoms with Gasteiger partial charge in [0.2, 0.25) is 0 Å². The summed E-state index contributed by atoms with van der Waals surface area (Å²) >= 11 is 0. The predicted molar refractivity (Wildman–Crippen MR) is 105 cm³/mol. The fourth-order valence-corrected chi connectivity index (χ4v) is 6.39. The lowest BCUT2D eigenvalue weighted by Crippen LogP contribution is -2.70. The number of aromatic nitrogens is 1. The highest BCUT2D eigenvalue weighted by Crippen LogP contribution is 2.57. The first kappa shape index (κ1) is 18.0. The number of H-pyrrole nitrogens is 1. The maximum absolute atomic E-state index is 13.4. The highest BCUT2D eigenvalue weighted by molar-refractivity contribution is 5.92. The van der Waals surface area contributed by atoms with Gasteiger partial charge in [-0.15, -0.1) is 0 Å². The number of benzene rings is 1. The summed E-state index contributed by atoms with van der Waals surface area (Å²) in [4.78, 5) is 19.2. The molecule has 0 radical (unpaired) electrons. The Labute approximate surface area is 164 Å². The van der Waals surface area contributed by atoms with Crippen LogP contribution in [-0.2, 0) is 21.4 Å². The third-order valence-electron chi connectivity index (χ3n) is 7.51. The average Bonchev–Trinajstić information content (AvgIpc) is 3.04. The lowest BCUT2D eigenvalue weighted by Gasteiger charge is -2.59. The van der Waals surface area contributed by atoms with Gasteiger partial charge in [-0.25, -0.2) is 0 Å². The summed E-state index contributed by atoms with van der Waals surface area (Å²) < 4.78 is 10.8. The van der Waals surface area contributed by atoms with Crippen LogP contribution < -0.4 is 4.74 Å². The molecule has 1 aromatic heterocycles. The van der Waals surface area contributed by atoms with Crippen molar-refractivity contribution in [1.82, 2.24) is 9.88 Å². The number of nitrogens with zero attached hydrogens (tertiary/aromatic N) is 1. The van der Waals surface area contributed by atoms with Gasteiger partial charge in [-0.1, -0.05) is 13.3 Å². The normalized spacial score (nSPS) is 36.1. The van der Waals surface area contributed by atoms with Gasteiger partial charge in [0.15, 0.2) is 0 Å². The number of hydrogen-bond donors (Lipinski definition) is 2. The number of nitrogens with one attached hydrogen (secondary N) is 1. The van der Waals surface area contributed by atoms with Gasteiger partial charge in [0.25, 0.3) is 0 Å². The maximum Gasteiger partial charge on any atom is 0.319 e. The number of esters is 1. The molecule has 4 aliphatic rings. The number of piperidine rings is 2. The SMILES string of the molecule is CC[C@H]1C[C@@H]2C[C@@]3(C(=O)OC)c4[nH]c5ccc(OC)cc5c4CCN(C2O)[C@@H]13. The monoisotopic (exact) mass is 384 g/mol. The molecule has 6 heteroatoms. The zero-order valence-electron chi connectivity index (χ0n) is 16.7. The van der Waals surface area contributed by atoms with Gasteiger partial charge in [0.1, 0.15) is 17.4 Å². The van der Waals surface area contributed by atoms with Gasteiger partial charge >= 0.3 is 5.97 Å². The van der Waals surface area contributed by atoms with Crippen LogP contribution >= 0.6 is 0 Å². The molecular formula is C22H28N2O4. The van der Waals surface area contributed by atoms with Crippen LogP contribution in [0.4, 0.5) is 0 Å². The first-order valence-corrected chi connectivity index (χ1v) is 10.3. The van der Waals surface area contributed by atoms with Crippen molar-refractivity contribution >= 4 is 16.9 Å². The predicted octanol–water partition coefficient (Wildman–Crippen LogP) is 2.58.